The summed E-state index contributed by atoms with van der Waals surface area (Å²) in [6, 6.07) is 13.1. The molecule has 2 aromatic rings. The molecule has 4 nitrogen and oxygen atoms in total. The van der Waals surface area contributed by atoms with E-state index in [9.17, 15) is 4.79 Å². The summed E-state index contributed by atoms with van der Waals surface area (Å²) in [7, 11) is 1.62. The minimum absolute atomic E-state index is 0.104. The van der Waals surface area contributed by atoms with Crippen LogP contribution in [-0.4, -0.2) is 19.6 Å². The fraction of sp³-hybridized carbons (Fsp3) is 0.286. The van der Waals surface area contributed by atoms with Crippen LogP contribution in [0.2, 0.25) is 0 Å². The molecule has 0 aliphatic heterocycles. The minimum Gasteiger partial charge on any atom is -0.496 e. The quantitative estimate of drug-likeness (QED) is 0.729. The third-order valence-electron chi connectivity index (χ3n) is 3.95. The second-order valence-electron chi connectivity index (χ2n) is 5.72. The summed E-state index contributed by atoms with van der Waals surface area (Å²) in [6.07, 6.45) is 2.45. The molecular formula is C21H25NO3. The van der Waals surface area contributed by atoms with Crippen molar-refractivity contribution in [3.05, 3.63) is 71.8 Å². The van der Waals surface area contributed by atoms with Crippen LogP contribution in [0.1, 0.15) is 41.4 Å². The summed E-state index contributed by atoms with van der Waals surface area (Å²) in [5.41, 5.74) is 2.57. The second-order valence-corrected chi connectivity index (χ2v) is 5.72. The highest BCUT2D eigenvalue weighted by molar-refractivity contribution is 5.94. The van der Waals surface area contributed by atoms with Crippen LogP contribution >= 0.6 is 0 Å². The Morgan fingerprint density at radius 3 is 2.56 bits per heavy atom. The smallest absolute Gasteiger partial charge is 0.251 e. The average Bonchev–Trinajstić information content (AvgIpc) is 2.62. The molecule has 1 N–H and O–H groups in total. The molecule has 0 aliphatic rings. The molecule has 25 heavy (non-hydrogen) atoms. The Balaban J connectivity index is 2.10. The Morgan fingerprint density at radius 2 is 1.96 bits per heavy atom. The number of carbonyl (C=O) groups is 1. The third-order valence-corrected chi connectivity index (χ3v) is 3.95. The maximum absolute atomic E-state index is 12.6. The molecule has 0 saturated heterocycles. The maximum atomic E-state index is 12.6. The molecule has 0 aliphatic carbocycles. The lowest BCUT2D eigenvalue weighted by Crippen LogP contribution is -2.26. The first kappa shape index (κ1) is 18.6. The molecule has 0 saturated carbocycles. The van der Waals surface area contributed by atoms with Crippen molar-refractivity contribution < 1.29 is 14.3 Å². The van der Waals surface area contributed by atoms with Crippen LogP contribution in [0.15, 0.2) is 55.1 Å². The van der Waals surface area contributed by atoms with Crippen molar-refractivity contribution in [3.8, 4) is 11.5 Å². The van der Waals surface area contributed by atoms with Crippen molar-refractivity contribution >= 4 is 5.91 Å². The molecule has 132 valence electrons. The average molecular weight is 339 g/mol. The van der Waals surface area contributed by atoms with E-state index in [0.717, 1.165) is 22.6 Å². The van der Waals surface area contributed by atoms with E-state index in [-0.39, 0.29) is 11.9 Å². The first-order valence-corrected chi connectivity index (χ1v) is 8.40. The summed E-state index contributed by atoms with van der Waals surface area (Å²) in [4.78, 5) is 12.6. The maximum Gasteiger partial charge on any atom is 0.251 e. The summed E-state index contributed by atoms with van der Waals surface area (Å²) >= 11 is 0. The molecule has 2 aromatic carbocycles. The normalized spacial score (nSPS) is 11.5. The van der Waals surface area contributed by atoms with Gasteiger partial charge in [-0.2, -0.15) is 0 Å². The summed E-state index contributed by atoms with van der Waals surface area (Å²) in [5, 5.41) is 3.02. The fourth-order valence-electron chi connectivity index (χ4n) is 2.62. The topological polar surface area (TPSA) is 47.6 Å². The molecule has 1 amide bonds. The highest BCUT2D eigenvalue weighted by atomic mass is 16.5. The van der Waals surface area contributed by atoms with Crippen molar-refractivity contribution in [2.45, 2.75) is 26.3 Å². The van der Waals surface area contributed by atoms with E-state index in [1.54, 1.807) is 19.3 Å². The number of rotatable bonds is 8. The van der Waals surface area contributed by atoms with Gasteiger partial charge in [-0.05, 0) is 61.7 Å². The number of amides is 1. The number of carbonyl (C=O) groups excluding carboxylic acids is 1. The van der Waals surface area contributed by atoms with Crippen LogP contribution in [0.3, 0.4) is 0 Å². The standard InChI is InChI=1S/C21H25NO3/c1-5-7-17-14-18(10-13-20(17)24-4)21(23)22-15(3)16-8-11-19(12-9-16)25-6-2/h5,8-15H,1,6-7H2,2-4H3,(H,22,23)/t15-/m1/s1. The lowest BCUT2D eigenvalue weighted by atomic mass is 10.0. The SMILES string of the molecule is C=CCc1cc(C(=O)N[C@H](C)c2ccc(OCC)cc2)ccc1OC. The van der Waals surface area contributed by atoms with Gasteiger partial charge in [0.1, 0.15) is 11.5 Å². The molecule has 0 bridgehead atoms. The highest BCUT2D eigenvalue weighted by Crippen LogP contribution is 2.22. The molecule has 0 fully saturated rings. The molecule has 0 spiro atoms. The number of hydrogen-bond acceptors (Lipinski definition) is 3. The van der Waals surface area contributed by atoms with Gasteiger partial charge in [-0.15, -0.1) is 6.58 Å². The van der Waals surface area contributed by atoms with E-state index >= 15 is 0 Å². The number of methoxy groups -OCH3 is 1. The Hall–Kier alpha value is -2.75. The summed E-state index contributed by atoms with van der Waals surface area (Å²) in [6.45, 7) is 8.29. The largest absolute Gasteiger partial charge is 0.496 e. The predicted octanol–water partition coefficient (Wildman–Crippen LogP) is 4.31. The van der Waals surface area contributed by atoms with Crippen molar-refractivity contribution in [3.63, 3.8) is 0 Å². The zero-order valence-electron chi connectivity index (χ0n) is 15.0. The van der Waals surface area contributed by atoms with Gasteiger partial charge in [0.2, 0.25) is 0 Å². The van der Waals surface area contributed by atoms with Gasteiger partial charge in [0.25, 0.3) is 5.91 Å². The van der Waals surface area contributed by atoms with E-state index < -0.39 is 0 Å². The Bertz CT molecular complexity index is 722. The monoisotopic (exact) mass is 339 g/mol. The van der Waals surface area contributed by atoms with Gasteiger partial charge in [-0.25, -0.2) is 0 Å². The molecule has 2 rings (SSSR count). The van der Waals surface area contributed by atoms with E-state index in [1.807, 2.05) is 50.2 Å². The van der Waals surface area contributed by atoms with Crippen LogP contribution in [0.5, 0.6) is 11.5 Å². The molecule has 0 heterocycles. The molecule has 0 aromatic heterocycles. The van der Waals surface area contributed by atoms with Crippen molar-refractivity contribution in [1.82, 2.24) is 5.32 Å². The zero-order valence-corrected chi connectivity index (χ0v) is 15.0. The first-order valence-electron chi connectivity index (χ1n) is 8.40. The van der Waals surface area contributed by atoms with Gasteiger partial charge in [-0.3, -0.25) is 4.79 Å². The first-order chi connectivity index (χ1) is 12.1. The van der Waals surface area contributed by atoms with Crippen LogP contribution in [0, 0.1) is 0 Å². The fourth-order valence-corrected chi connectivity index (χ4v) is 2.62. The van der Waals surface area contributed by atoms with Crippen molar-refractivity contribution in [2.24, 2.45) is 0 Å². The predicted molar refractivity (Wildman–Crippen MR) is 100 cm³/mol. The van der Waals surface area contributed by atoms with Gasteiger partial charge in [0.15, 0.2) is 0 Å². The number of hydrogen-bond donors (Lipinski definition) is 1. The molecule has 0 unspecified atom stereocenters. The van der Waals surface area contributed by atoms with Crippen LogP contribution < -0.4 is 14.8 Å². The number of nitrogens with one attached hydrogen (secondary N) is 1. The minimum atomic E-state index is -0.116. The summed E-state index contributed by atoms with van der Waals surface area (Å²) < 4.78 is 10.8. The highest BCUT2D eigenvalue weighted by Gasteiger charge is 2.13. The lowest BCUT2D eigenvalue weighted by molar-refractivity contribution is 0.0939. The number of ether oxygens (including phenoxy) is 2. The molecule has 4 heteroatoms. The Morgan fingerprint density at radius 1 is 1.24 bits per heavy atom. The molecule has 1 atom stereocenters. The van der Waals surface area contributed by atoms with E-state index in [0.29, 0.717) is 18.6 Å². The van der Waals surface area contributed by atoms with E-state index in [1.165, 1.54) is 0 Å². The van der Waals surface area contributed by atoms with Crippen molar-refractivity contribution in [2.75, 3.05) is 13.7 Å². The van der Waals surface area contributed by atoms with Gasteiger partial charge in [0.05, 0.1) is 19.8 Å². The number of allylic oxidation sites excluding steroid dienone is 1. The summed E-state index contributed by atoms with van der Waals surface area (Å²) in [5.74, 6) is 1.47. The Labute approximate surface area is 149 Å². The van der Waals surface area contributed by atoms with Gasteiger partial charge >= 0.3 is 0 Å². The zero-order chi connectivity index (χ0) is 18.2. The van der Waals surface area contributed by atoms with Crippen LogP contribution in [0.4, 0.5) is 0 Å². The lowest BCUT2D eigenvalue weighted by Gasteiger charge is -2.16. The second kappa shape index (κ2) is 8.92. The Kier molecular flexibility index (Phi) is 6.63. The van der Waals surface area contributed by atoms with Gasteiger partial charge in [0, 0.05) is 5.56 Å². The number of benzene rings is 2. The van der Waals surface area contributed by atoms with E-state index in [4.69, 9.17) is 9.47 Å². The molecular weight excluding hydrogens is 314 g/mol. The van der Waals surface area contributed by atoms with Crippen LogP contribution in [-0.2, 0) is 6.42 Å². The molecule has 0 radical (unpaired) electrons. The van der Waals surface area contributed by atoms with Crippen molar-refractivity contribution in [1.29, 1.82) is 0 Å². The third kappa shape index (κ3) is 4.86. The van der Waals surface area contributed by atoms with Crippen LogP contribution in [0.25, 0.3) is 0 Å². The van der Waals surface area contributed by atoms with Gasteiger partial charge < -0.3 is 14.8 Å². The van der Waals surface area contributed by atoms with E-state index in [2.05, 4.69) is 11.9 Å². The van der Waals surface area contributed by atoms with Gasteiger partial charge in [-0.1, -0.05) is 18.2 Å².